The van der Waals surface area contributed by atoms with Crippen molar-refractivity contribution in [2.45, 2.75) is 0 Å². The minimum atomic E-state index is -0.630. The SMILES string of the molecule is O=c1oc2ccc(Cl)cc2cc1N=Cc1ccccc1[N+](=O)[O-]. The molecule has 0 radical (unpaired) electrons. The van der Waals surface area contributed by atoms with Crippen LogP contribution >= 0.6 is 11.6 Å². The highest BCUT2D eigenvalue weighted by atomic mass is 35.5. The average molecular weight is 329 g/mol. The summed E-state index contributed by atoms with van der Waals surface area (Å²) in [4.78, 5) is 26.4. The van der Waals surface area contributed by atoms with E-state index < -0.39 is 10.5 Å². The molecule has 0 saturated heterocycles. The number of hydrogen-bond donors (Lipinski definition) is 0. The lowest BCUT2D eigenvalue weighted by atomic mass is 10.2. The van der Waals surface area contributed by atoms with Gasteiger partial charge in [0.2, 0.25) is 0 Å². The quantitative estimate of drug-likeness (QED) is 0.313. The molecule has 2 aromatic carbocycles. The summed E-state index contributed by atoms with van der Waals surface area (Å²) in [7, 11) is 0. The molecule has 114 valence electrons. The van der Waals surface area contributed by atoms with Crippen LogP contribution in [0.15, 0.2) is 62.7 Å². The van der Waals surface area contributed by atoms with Crippen molar-refractivity contribution in [2.24, 2.45) is 4.99 Å². The molecule has 0 aliphatic rings. The van der Waals surface area contributed by atoms with Crippen LogP contribution in [0.2, 0.25) is 5.02 Å². The van der Waals surface area contributed by atoms with E-state index >= 15 is 0 Å². The van der Waals surface area contributed by atoms with E-state index in [-0.39, 0.29) is 11.4 Å². The van der Waals surface area contributed by atoms with Gasteiger partial charge < -0.3 is 4.42 Å². The molecule has 0 amide bonds. The number of halogens is 1. The number of para-hydroxylation sites is 1. The Balaban J connectivity index is 2.06. The van der Waals surface area contributed by atoms with Crippen molar-refractivity contribution in [3.8, 4) is 0 Å². The van der Waals surface area contributed by atoms with Gasteiger partial charge in [-0.05, 0) is 30.3 Å². The molecule has 6 nitrogen and oxygen atoms in total. The summed E-state index contributed by atoms with van der Waals surface area (Å²) in [6.07, 6.45) is 1.26. The van der Waals surface area contributed by atoms with Gasteiger partial charge in [-0.25, -0.2) is 9.79 Å². The molecule has 1 aromatic heterocycles. The first-order chi connectivity index (χ1) is 11.0. The van der Waals surface area contributed by atoms with Crippen molar-refractivity contribution in [3.63, 3.8) is 0 Å². The van der Waals surface area contributed by atoms with E-state index in [2.05, 4.69) is 4.99 Å². The molecule has 7 heteroatoms. The Hall–Kier alpha value is -2.99. The predicted molar refractivity (Wildman–Crippen MR) is 87.8 cm³/mol. The second-order valence-corrected chi connectivity index (χ2v) is 5.11. The smallest absolute Gasteiger partial charge is 0.362 e. The fraction of sp³-hybridized carbons (Fsp3) is 0. The molecular formula is C16H9ClN2O4. The Morgan fingerprint density at radius 3 is 2.74 bits per heavy atom. The van der Waals surface area contributed by atoms with E-state index in [1.54, 1.807) is 36.4 Å². The highest BCUT2D eigenvalue weighted by Crippen LogP contribution is 2.22. The maximum atomic E-state index is 11.9. The summed E-state index contributed by atoms with van der Waals surface area (Å²) in [5.74, 6) is 0. The number of nitrogens with zero attached hydrogens (tertiary/aromatic N) is 2. The van der Waals surface area contributed by atoms with E-state index in [0.29, 0.717) is 21.6 Å². The van der Waals surface area contributed by atoms with E-state index in [9.17, 15) is 14.9 Å². The van der Waals surface area contributed by atoms with E-state index in [1.807, 2.05) is 0 Å². The first-order valence-electron chi connectivity index (χ1n) is 6.55. The molecule has 0 atom stereocenters. The summed E-state index contributed by atoms with van der Waals surface area (Å²) >= 11 is 5.91. The number of hydrogen-bond acceptors (Lipinski definition) is 5. The highest BCUT2D eigenvalue weighted by molar-refractivity contribution is 6.31. The summed E-state index contributed by atoms with van der Waals surface area (Å²) < 4.78 is 5.15. The maximum absolute atomic E-state index is 11.9. The average Bonchev–Trinajstić information content (AvgIpc) is 2.53. The zero-order valence-electron chi connectivity index (χ0n) is 11.6. The Labute approximate surface area is 134 Å². The van der Waals surface area contributed by atoms with Gasteiger partial charge in [0.25, 0.3) is 5.69 Å². The minimum absolute atomic E-state index is 0.0397. The molecule has 0 bridgehead atoms. The van der Waals surface area contributed by atoms with Crippen molar-refractivity contribution in [1.29, 1.82) is 0 Å². The third-order valence-electron chi connectivity index (χ3n) is 3.15. The molecule has 3 aromatic rings. The van der Waals surface area contributed by atoms with Crippen LogP contribution in [-0.2, 0) is 0 Å². The Morgan fingerprint density at radius 1 is 1.17 bits per heavy atom. The number of benzene rings is 2. The van der Waals surface area contributed by atoms with Crippen LogP contribution in [0.3, 0.4) is 0 Å². The zero-order valence-corrected chi connectivity index (χ0v) is 12.4. The highest BCUT2D eigenvalue weighted by Gasteiger charge is 2.10. The monoisotopic (exact) mass is 328 g/mol. The van der Waals surface area contributed by atoms with Gasteiger partial charge in [-0.15, -0.1) is 0 Å². The van der Waals surface area contributed by atoms with Gasteiger partial charge in [0.05, 0.1) is 10.5 Å². The summed E-state index contributed by atoms with van der Waals surface area (Å²) in [5.41, 5.74) is 0.00387. The van der Waals surface area contributed by atoms with Crippen LogP contribution in [-0.4, -0.2) is 11.1 Å². The van der Waals surface area contributed by atoms with Crippen LogP contribution in [0.1, 0.15) is 5.56 Å². The normalized spacial score (nSPS) is 11.2. The van der Waals surface area contributed by atoms with Crippen molar-refractivity contribution in [3.05, 3.63) is 79.7 Å². The largest absolute Gasteiger partial charge is 0.421 e. The topological polar surface area (TPSA) is 85.7 Å². The van der Waals surface area contributed by atoms with Crippen LogP contribution in [0.4, 0.5) is 11.4 Å². The third-order valence-corrected chi connectivity index (χ3v) is 3.39. The molecule has 0 spiro atoms. The van der Waals surface area contributed by atoms with E-state index in [1.165, 1.54) is 18.3 Å². The van der Waals surface area contributed by atoms with Crippen LogP contribution in [0, 0.1) is 10.1 Å². The molecular weight excluding hydrogens is 320 g/mol. The van der Waals surface area contributed by atoms with Crippen molar-refractivity contribution < 1.29 is 9.34 Å². The molecule has 0 aliphatic heterocycles. The Bertz CT molecular complexity index is 995. The first-order valence-corrected chi connectivity index (χ1v) is 6.93. The molecule has 0 aliphatic carbocycles. The third kappa shape index (κ3) is 3.12. The standard InChI is InChI=1S/C16H9ClN2O4/c17-12-5-6-15-11(7-12)8-13(16(20)23-15)18-9-10-3-1-2-4-14(10)19(21)22/h1-9H. The maximum Gasteiger partial charge on any atom is 0.362 e. The van der Waals surface area contributed by atoms with Crippen molar-refractivity contribution in [2.75, 3.05) is 0 Å². The number of fused-ring (bicyclic) bond motifs is 1. The zero-order chi connectivity index (χ0) is 16.4. The van der Waals surface area contributed by atoms with Gasteiger partial charge in [-0.3, -0.25) is 10.1 Å². The van der Waals surface area contributed by atoms with Crippen molar-refractivity contribution >= 4 is 40.2 Å². The lowest BCUT2D eigenvalue weighted by molar-refractivity contribution is -0.385. The summed E-state index contributed by atoms with van der Waals surface area (Å²) in [6, 6.07) is 12.5. The molecule has 0 saturated carbocycles. The molecule has 1 heterocycles. The number of aliphatic imine (C=N–C) groups is 1. The van der Waals surface area contributed by atoms with Gasteiger partial charge >= 0.3 is 5.63 Å². The van der Waals surface area contributed by atoms with E-state index in [4.69, 9.17) is 16.0 Å². The van der Waals surface area contributed by atoms with Gasteiger partial charge in [0, 0.05) is 22.7 Å². The molecule has 3 rings (SSSR count). The first kappa shape index (κ1) is 14.9. The molecule has 0 unspecified atom stereocenters. The summed E-state index contributed by atoms with van der Waals surface area (Å²) in [6.45, 7) is 0. The minimum Gasteiger partial charge on any atom is -0.421 e. The van der Waals surface area contributed by atoms with Crippen molar-refractivity contribution in [1.82, 2.24) is 0 Å². The number of rotatable bonds is 3. The predicted octanol–water partition coefficient (Wildman–Crippen LogP) is 4.11. The van der Waals surface area contributed by atoms with Crippen LogP contribution in [0.5, 0.6) is 0 Å². The molecule has 0 N–H and O–H groups in total. The van der Waals surface area contributed by atoms with E-state index in [0.717, 1.165) is 0 Å². The number of nitro benzene ring substituents is 1. The van der Waals surface area contributed by atoms with Gasteiger partial charge in [-0.1, -0.05) is 23.7 Å². The Kier molecular flexibility index (Phi) is 3.91. The fourth-order valence-electron chi connectivity index (χ4n) is 2.08. The Morgan fingerprint density at radius 2 is 1.96 bits per heavy atom. The lowest BCUT2D eigenvalue weighted by Crippen LogP contribution is -1.99. The van der Waals surface area contributed by atoms with Crippen LogP contribution < -0.4 is 5.63 Å². The lowest BCUT2D eigenvalue weighted by Gasteiger charge is -1.99. The second kappa shape index (κ2) is 6.02. The fourth-order valence-corrected chi connectivity index (χ4v) is 2.26. The van der Waals surface area contributed by atoms with Gasteiger partial charge in [0.1, 0.15) is 11.3 Å². The molecule has 0 fully saturated rings. The second-order valence-electron chi connectivity index (χ2n) is 4.68. The summed E-state index contributed by atoms with van der Waals surface area (Å²) in [5, 5.41) is 12.1. The number of nitro groups is 1. The van der Waals surface area contributed by atoms with Crippen LogP contribution in [0.25, 0.3) is 11.0 Å². The molecule has 23 heavy (non-hydrogen) atoms. The van der Waals surface area contributed by atoms with Gasteiger partial charge in [0.15, 0.2) is 0 Å². The van der Waals surface area contributed by atoms with Gasteiger partial charge in [-0.2, -0.15) is 0 Å².